The maximum Gasteiger partial charge on any atom is 0.305 e. The first-order chi connectivity index (χ1) is 12.5. The van der Waals surface area contributed by atoms with Crippen LogP contribution in [0.15, 0.2) is 41.3 Å². The van der Waals surface area contributed by atoms with Crippen LogP contribution in [0.5, 0.6) is 0 Å². The molecule has 0 radical (unpaired) electrons. The number of carboxylic acids is 1. The first kappa shape index (κ1) is 21.2. The third-order valence-electron chi connectivity index (χ3n) is 3.40. The standard InChI is InChI=1S/C15H11Cl3N2O6S/c16-9-1-3-12(18)14(7-9)27(25,26)19(6-5-15(21)22)13-8-10(20(23)24)2-4-11(13)17/h1-4,7-8H,5-6H2,(H,21,22). The second-order valence-corrected chi connectivity index (χ2v) is 8.27. The summed E-state index contributed by atoms with van der Waals surface area (Å²) >= 11 is 17.9. The summed E-state index contributed by atoms with van der Waals surface area (Å²) in [5, 5.41) is 19.8. The smallest absolute Gasteiger partial charge is 0.305 e. The summed E-state index contributed by atoms with van der Waals surface area (Å²) in [6.45, 7) is -0.526. The number of nitrogens with zero attached hydrogens (tertiary/aromatic N) is 2. The Kier molecular flexibility index (Phi) is 6.53. The minimum atomic E-state index is -4.42. The lowest BCUT2D eigenvalue weighted by molar-refractivity contribution is -0.384. The lowest BCUT2D eigenvalue weighted by atomic mass is 10.2. The van der Waals surface area contributed by atoms with Gasteiger partial charge in [0.2, 0.25) is 0 Å². The SMILES string of the molecule is O=C(O)CCN(c1cc([N+](=O)[O-])ccc1Cl)S(=O)(=O)c1cc(Cl)ccc1Cl. The average molecular weight is 454 g/mol. The topological polar surface area (TPSA) is 118 Å². The van der Waals surface area contributed by atoms with Crippen molar-refractivity contribution in [1.82, 2.24) is 0 Å². The first-order valence-electron chi connectivity index (χ1n) is 7.17. The molecule has 27 heavy (non-hydrogen) atoms. The molecule has 0 bridgehead atoms. The molecule has 2 aromatic carbocycles. The van der Waals surface area contributed by atoms with Gasteiger partial charge in [0.15, 0.2) is 0 Å². The minimum Gasteiger partial charge on any atom is -0.481 e. The number of sulfonamides is 1. The van der Waals surface area contributed by atoms with Crippen LogP contribution in [-0.4, -0.2) is 31.0 Å². The number of nitro groups is 1. The highest BCUT2D eigenvalue weighted by Gasteiger charge is 2.30. The Bertz CT molecular complexity index is 1010. The van der Waals surface area contributed by atoms with Crippen molar-refractivity contribution in [2.24, 2.45) is 0 Å². The van der Waals surface area contributed by atoms with Crippen molar-refractivity contribution in [2.75, 3.05) is 10.8 Å². The van der Waals surface area contributed by atoms with E-state index in [0.717, 1.165) is 24.3 Å². The number of non-ortho nitro benzene ring substituents is 1. The Balaban J connectivity index is 2.68. The van der Waals surface area contributed by atoms with Crippen molar-refractivity contribution in [3.63, 3.8) is 0 Å². The molecule has 0 saturated heterocycles. The van der Waals surface area contributed by atoms with Crippen molar-refractivity contribution in [2.45, 2.75) is 11.3 Å². The zero-order chi connectivity index (χ0) is 20.4. The molecule has 0 atom stereocenters. The largest absolute Gasteiger partial charge is 0.481 e. The van der Waals surface area contributed by atoms with Crippen LogP contribution in [0.2, 0.25) is 15.1 Å². The average Bonchev–Trinajstić information content (AvgIpc) is 2.57. The molecule has 0 spiro atoms. The van der Waals surface area contributed by atoms with Crippen LogP contribution < -0.4 is 4.31 Å². The highest BCUT2D eigenvalue weighted by Crippen LogP contribution is 2.36. The number of aliphatic carboxylic acids is 1. The number of hydrogen-bond acceptors (Lipinski definition) is 5. The van der Waals surface area contributed by atoms with Crippen molar-refractivity contribution in [3.8, 4) is 0 Å². The van der Waals surface area contributed by atoms with Gasteiger partial charge >= 0.3 is 5.97 Å². The third-order valence-corrected chi connectivity index (χ3v) is 6.25. The fourth-order valence-electron chi connectivity index (χ4n) is 2.17. The number of carboxylic acid groups (broad SMARTS) is 1. The fraction of sp³-hybridized carbons (Fsp3) is 0.133. The molecule has 12 heteroatoms. The third kappa shape index (κ3) is 4.81. The van der Waals surface area contributed by atoms with Gasteiger partial charge in [0.1, 0.15) is 4.90 Å². The molecular formula is C15H11Cl3N2O6S. The van der Waals surface area contributed by atoms with Gasteiger partial charge in [-0.25, -0.2) is 8.42 Å². The van der Waals surface area contributed by atoms with Gasteiger partial charge in [-0.3, -0.25) is 19.2 Å². The van der Waals surface area contributed by atoms with Gasteiger partial charge in [0, 0.05) is 23.7 Å². The highest BCUT2D eigenvalue weighted by molar-refractivity contribution is 7.93. The van der Waals surface area contributed by atoms with Gasteiger partial charge < -0.3 is 5.11 Å². The molecule has 2 aromatic rings. The summed E-state index contributed by atoms with van der Waals surface area (Å²) in [6, 6.07) is 6.93. The van der Waals surface area contributed by atoms with Crippen LogP contribution in [0, 0.1) is 10.1 Å². The van der Waals surface area contributed by atoms with E-state index in [1.54, 1.807) is 0 Å². The number of nitro benzene ring substituents is 1. The maximum absolute atomic E-state index is 13.1. The van der Waals surface area contributed by atoms with Crippen molar-refractivity contribution in [3.05, 3.63) is 61.6 Å². The predicted octanol–water partition coefficient (Wildman–Crippen LogP) is 4.23. The molecule has 0 aliphatic carbocycles. The van der Waals surface area contributed by atoms with E-state index in [-0.39, 0.29) is 25.7 Å². The van der Waals surface area contributed by atoms with Crippen molar-refractivity contribution < 1.29 is 23.2 Å². The summed E-state index contributed by atoms with van der Waals surface area (Å²) in [7, 11) is -4.42. The summed E-state index contributed by atoms with van der Waals surface area (Å²) in [5.41, 5.74) is -0.662. The van der Waals surface area contributed by atoms with E-state index in [4.69, 9.17) is 39.9 Å². The van der Waals surface area contributed by atoms with E-state index in [1.807, 2.05) is 0 Å². The van der Waals surface area contributed by atoms with Gasteiger partial charge in [-0.1, -0.05) is 34.8 Å². The Morgan fingerprint density at radius 2 is 1.74 bits per heavy atom. The van der Waals surface area contributed by atoms with Gasteiger partial charge in [-0.05, 0) is 24.3 Å². The predicted molar refractivity (Wildman–Crippen MR) is 101 cm³/mol. The van der Waals surface area contributed by atoms with Crippen molar-refractivity contribution in [1.29, 1.82) is 0 Å². The molecule has 1 N–H and O–H groups in total. The fourth-order valence-corrected chi connectivity index (χ4v) is 4.65. The molecule has 0 fully saturated rings. The number of benzene rings is 2. The lowest BCUT2D eigenvalue weighted by Crippen LogP contribution is -2.33. The maximum atomic E-state index is 13.1. The highest BCUT2D eigenvalue weighted by atomic mass is 35.5. The van der Waals surface area contributed by atoms with Gasteiger partial charge in [-0.15, -0.1) is 0 Å². The van der Waals surface area contributed by atoms with E-state index in [0.29, 0.717) is 4.31 Å². The Labute approximate surface area is 169 Å². The minimum absolute atomic E-state index is 0.0845. The Morgan fingerprint density at radius 1 is 1.11 bits per heavy atom. The molecule has 0 saturated carbocycles. The van der Waals surface area contributed by atoms with Crippen molar-refractivity contribution >= 4 is 62.2 Å². The van der Waals surface area contributed by atoms with Crippen LogP contribution >= 0.6 is 34.8 Å². The van der Waals surface area contributed by atoms with Crippen LogP contribution in [0.25, 0.3) is 0 Å². The van der Waals surface area contributed by atoms with Crippen LogP contribution in [0.3, 0.4) is 0 Å². The first-order valence-corrected chi connectivity index (χ1v) is 9.75. The lowest BCUT2D eigenvalue weighted by Gasteiger charge is -2.25. The van der Waals surface area contributed by atoms with E-state index in [9.17, 15) is 23.3 Å². The number of hydrogen-bond donors (Lipinski definition) is 1. The zero-order valence-corrected chi connectivity index (χ0v) is 16.4. The number of anilines is 1. The van der Waals surface area contributed by atoms with Gasteiger partial charge in [-0.2, -0.15) is 0 Å². The Morgan fingerprint density at radius 3 is 2.33 bits per heavy atom. The molecule has 0 aromatic heterocycles. The van der Waals surface area contributed by atoms with Gasteiger partial charge in [0.25, 0.3) is 15.7 Å². The summed E-state index contributed by atoms with van der Waals surface area (Å²) < 4.78 is 26.9. The quantitative estimate of drug-likeness (QED) is 0.495. The molecule has 0 heterocycles. The molecule has 144 valence electrons. The normalized spacial score (nSPS) is 11.2. The van der Waals surface area contributed by atoms with Crippen LogP contribution in [0.1, 0.15) is 6.42 Å². The van der Waals surface area contributed by atoms with E-state index in [1.165, 1.54) is 12.1 Å². The molecule has 0 aliphatic rings. The molecule has 0 unspecified atom stereocenters. The van der Waals surface area contributed by atoms with E-state index in [2.05, 4.69) is 0 Å². The molecule has 0 amide bonds. The Hall–Kier alpha value is -2.07. The zero-order valence-electron chi connectivity index (χ0n) is 13.3. The second kappa shape index (κ2) is 8.30. The number of rotatable bonds is 7. The van der Waals surface area contributed by atoms with Crippen LogP contribution in [0.4, 0.5) is 11.4 Å². The molecular weight excluding hydrogens is 443 g/mol. The summed E-state index contributed by atoms with van der Waals surface area (Å²) in [5.74, 6) is -1.27. The second-order valence-electron chi connectivity index (χ2n) is 5.19. The molecule has 8 nitrogen and oxygen atoms in total. The van der Waals surface area contributed by atoms with E-state index < -0.39 is 39.6 Å². The van der Waals surface area contributed by atoms with Crippen LogP contribution in [-0.2, 0) is 14.8 Å². The number of halogens is 3. The van der Waals surface area contributed by atoms with E-state index >= 15 is 0 Å². The number of carbonyl (C=O) groups is 1. The monoisotopic (exact) mass is 452 g/mol. The van der Waals surface area contributed by atoms with Gasteiger partial charge in [0.05, 0.1) is 27.1 Å². The molecule has 0 aliphatic heterocycles. The summed E-state index contributed by atoms with van der Waals surface area (Å²) in [6.07, 6.45) is -0.573. The molecule has 2 rings (SSSR count). The summed E-state index contributed by atoms with van der Waals surface area (Å²) in [4.78, 5) is 20.9.